The molecule has 1 aromatic carbocycles. The average Bonchev–Trinajstić information content (AvgIpc) is 2.41. The summed E-state index contributed by atoms with van der Waals surface area (Å²) in [7, 11) is 0. The number of nitrogens with zero attached hydrogens (tertiary/aromatic N) is 1. The number of morpholine rings is 1. The predicted octanol–water partition coefficient (Wildman–Crippen LogP) is 1.59. The van der Waals surface area contributed by atoms with Gasteiger partial charge in [0, 0.05) is 16.6 Å². The number of hydrogen-bond donors (Lipinski definition) is 1. The standard InChI is InChI=1S/C13H16BrNO3/c1-9-6-10(2-3-12(9)14)13(17)15-4-5-18-8-11(15)7-16/h2-3,6,11,16H,4-5,7-8H2,1H3. The molecule has 1 unspecified atom stereocenters. The molecule has 18 heavy (non-hydrogen) atoms. The molecule has 1 saturated heterocycles. The number of halogens is 1. The Morgan fingerprint density at radius 2 is 2.39 bits per heavy atom. The van der Waals surface area contributed by atoms with Crippen molar-refractivity contribution in [2.75, 3.05) is 26.4 Å². The molecule has 1 aliphatic rings. The van der Waals surface area contributed by atoms with Crippen molar-refractivity contribution >= 4 is 21.8 Å². The second-order valence-corrected chi connectivity index (χ2v) is 5.23. The van der Waals surface area contributed by atoms with Gasteiger partial charge in [0.1, 0.15) is 0 Å². The van der Waals surface area contributed by atoms with Crippen LogP contribution >= 0.6 is 15.9 Å². The molecule has 1 fully saturated rings. The monoisotopic (exact) mass is 313 g/mol. The quantitative estimate of drug-likeness (QED) is 0.902. The van der Waals surface area contributed by atoms with Crippen molar-refractivity contribution in [2.45, 2.75) is 13.0 Å². The van der Waals surface area contributed by atoms with Crippen LogP contribution in [0, 0.1) is 6.92 Å². The number of ether oxygens (including phenoxy) is 1. The molecule has 0 aromatic heterocycles. The van der Waals surface area contributed by atoms with Crippen molar-refractivity contribution in [3.63, 3.8) is 0 Å². The molecule has 0 saturated carbocycles. The minimum absolute atomic E-state index is 0.0482. The fourth-order valence-corrected chi connectivity index (χ4v) is 2.26. The molecular formula is C13H16BrNO3. The number of aryl methyl sites for hydroxylation is 1. The topological polar surface area (TPSA) is 49.8 Å². The van der Waals surface area contributed by atoms with E-state index in [4.69, 9.17) is 4.74 Å². The Morgan fingerprint density at radius 3 is 3.06 bits per heavy atom. The SMILES string of the molecule is Cc1cc(C(=O)N2CCOCC2CO)ccc1Br. The number of rotatable bonds is 2. The summed E-state index contributed by atoms with van der Waals surface area (Å²) in [5, 5.41) is 9.27. The average molecular weight is 314 g/mol. The van der Waals surface area contributed by atoms with E-state index in [2.05, 4.69) is 15.9 Å². The van der Waals surface area contributed by atoms with Crippen LogP contribution in [0.1, 0.15) is 15.9 Å². The fourth-order valence-electron chi connectivity index (χ4n) is 2.02. The highest BCUT2D eigenvalue weighted by atomic mass is 79.9. The van der Waals surface area contributed by atoms with E-state index in [9.17, 15) is 9.90 Å². The van der Waals surface area contributed by atoms with Crippen molar-refractivity contribution in [3.8, 4) is 0 Å². The number of carbonyl (C=O) groups excluding carboxylic acids is 1. The molecule has 1 aliphatic heterocycles. The molecule has 1 N–H and O–H groups in total. The number of carbonyl (C=O) groups is 1. The maximum Gasteiger partial charge on any atom is 0.254 e. The number of aliphatic hydroxyl groups is 1. The molecule has 0 aliphatic carbocycles. The van der Waals surface area contributed by atoms with Crippen LogP contribution in [-0.4, -0.2) is 48.3 Å². The van der Waals surface area contributed by atoms with E-state index in [0.29, 0.717) is 25.3 Å². The summed E-state index contributed by atoms with van der Waals surface area (Å²) in [5.74, 6) is -0.0482. The van der Waals surface area contributed by atoms with E-state index in [1.165, 1.54) is 0 Å². The molecule has 1 aromatic rings. The lowest BCUT2D eigenvalue weighted by Crippen LogP contribution is -2.50. The van der Waals surface area contributed by atoms with Gasteiger partial charge in [0.05, 0.1) is 25.9 Å². The third kappa shape index (κ3) is 2.74. The van der Waals surface area contributed by atoms with E-state index in [-0.39, 0.29) is 18.6 Å². The highest BCUT2D eigenvalue weighted by Gasteiger charge is 2.27. The van der Waals surface area contributed by atoms with E-state index in [1.807, 2.05) is 19.1 Å². The maximum absolute atomic E-state index is 12.4. The lowest BCUT2D eigenvalue weighted by Gasteiger charge is -2.34. The smallest absolute Gasteiger partial charge is 0.254 e. The first-order chi connectivity index (χ1) is 8.63. The summed E-state index contributed by atoms with van der Waals surface area (Å²) >= 11 is 3.42. The molecule has 1 atom stereocenters. The van der Waals surface area contributed by atoms with Crippen LogP contribution in [-0.2, 0) is 4.74 Å². The molecule has 0 spiro atoms. The fraction of sp³-hybridized carbons (Fsp3) is 0.462. The Labute approximate surface area is 115 Å². The van der Waals surface area contributed by atoms with Crippen molar-refractivity contribution in [3.05, 3.63) is 33.8 Å². The zero-order valence-corrected chi connectivity index (χ0v) is 11.8. The van der Waals surface area contributed by atoms with Gasteiger partial charge in [0.15, 0.2) is 0 Å². The lowest BCUT2D eigenvalue weighted by atomic mass is 10.1. The molecule has 98 valence electrons. The molecule has 1 heterocycles. The first-order valence-corrected chi connectivity index (χ1v) is 6.68. The van der Waals surface area contributed by atoms with Crippen molar-refractivity contribution in [2.24, 2.45) is 0 Å². The van der Waals surface area contributed by atoms with Crippen LogP contribution in [0.15, 0.2) is 22.7 Å². The van der Waals surface area contributed by atoms with Gasteiger partial charge in [-0.1, -0.05) is 15.9 Å². The highest BCUT2D eigenvalue weighted by Crippen LogP contribution is 2.19. The Balaban J connectivity index is 2.21. The molecule has 2 rings (SSSR count). The molecule has 5 heteroatoms. The number of aliphatic hydroxyl groups excluding tert-OH is 1. The van der Waals surface area contributed by atoms with Crippen LogP contribution in [0.25, 0.3) is 0 Å². The first kappa shape index (κ1) is 13.5. The summed E-state index contributed by atoms with van der Waals surface area (Å²) in [4.78, 5) is 14.1. The molecule has 0 bridgehead atoms. The number of amides is 1. The van der Waals surface area contributed by atoms with Gasteiger partial charge in [-0.2, -0.15) is 0 Å². The summed E-state index contributed by atoms with van der Waals surface area (Å²) < 4.78 is 6.26. The van der Waals surface area contributed by atoms with Crippen LogP contribution in [0.4, 0.5) is 0 Å². The molecule has 0 radical (unpaired) electrons. The number of benzene rings is 1. The van der Waals surface area contributed by atoms with E-state index < -0.39 is 0 Å². The summed E-state index contributed by atoms with van der Waals surface area (Å²) in [6.07, 6.45) is 0. The largest absolute Gasteiger partial charge is 0.394 e. The van der Waals surface area contributed by atoms with Gasteiger partial charge < -0.3 is 14.7 Å². The normalized spacial score (nSPS) is 19.9. The predicted molar refractivity (Wildman–Crippen MR) is 71.6 cm³/mol. The van der Waals surface area contributed by atoms with E-state index >= 15 is 0 Å². The van der Waals surface area contributed by atoms with Crippen molar-refractivity contribution in [1.82, 2.24) is 4.90 Å². The third-order valence-electron chi connectivity index (χ3n) is 3.10. The lowest BCUT2D eigenvalue weighted by molar-refractivity contribution is -0.0183. The Hall–Kier alpha value is -0.910. The van der Waals surface area contributed by atoms with Crippen LogP contribution in [0.2, 0.25) is 0 Å². The van der Waals surface area contributed by atoms with E-state index in [0.717, 1.165) is 10.0 Å². The van der Waals surface area contributed by atoms with Crippen LogP contribution in [0.3, 0.4) is 0 Å². The van der Waals surface area contributed by atoms with Gasteiger partial charge in [-0.3, -0.25) is 4.79 Å². The Morgan fingerprint density at radius 1 is 1.61 bits per heavy atom. The van der Waals surface area contributed by atoms with Crippen LogP contribution in [0.5, 0.6) is 0 Å². The second kappa shape index (κ2) is 5.82. The summed E-state index contributed by atoms with van der Waals surface area (Å²) in [6, 6.07) is 5.28. The Bertz CT molecular complexity index is 450. The minimum Gasteiger partial charge on any atom is -0.394 e. The maximum atomic E-state index is 12.4. The zero-order valence-electron chi connectivity index (χ0n) is 10.2. The molecule has 1 amide bonds. The van der Waals surface area contributed by atoms with Gasteiger partial charge >= 0.3 is 0 Å². The van der Waals surface area contributed by atoms with Gasteiger partial charge in [-0.05, 0) is 30.7 Å². The van der Waals surface area contributed by atoms with Crippen LogP contribution < -0.4 is 0 Å². The molecular weight excluding hydrogens is 298 g/mol. The van der Waals surface area contributed by atoms with Crippen molar-refractivity contribution < 1.29 is 14.6 Å². The summed E-state index contributed by atoms with van der Waals surface area (Å²) in [5.41, 5.74) is 1.67. The third-order valence-corrected chi connectivity index (χ3v) is 3.99. The van der Waals surface area contributed by atoms with Gasteiger partial charge in [0.2, 0.25) is 0 Å². The highest BCUT2D eigenvalue weighted by molar-refractivity contribution is 9.10. The molecule has 4 nitrogen and oxygen atoms in total. The van der Waals surface area contributed by atoms with Gasteiger partial charge in [0.25, 0.3) is 5.91 Å². The summed E-state index contributed by atoms with van der Waals surface area (Å²) in [6.45, 7) is 3.33. The van der Waals surface area contributed by atoms with Gasteiger partial charge in [-0.25, -0.2) is 0 Å². The Kier molecular flexibility index (Phi) is 4.37. The number of hydrogen-bond acceptors (Lipinski definition) is 3. The first-order valence-electron chi connectivity index (χ1n) is 5.89. The zero-order chi connectivity index (χ0) is 13.1. The second-order valence-electron chi connectivity index (χ2n) is 4.37. The minimum atomic E-state index is -0.241. The van der Waals surface area contributed by atoms with Crippen molar-refractivity contribution in [1.29, 1.82) is 0 Å². The van der Waals surface area contributed by atoms with E-state index in [1.54, 1.807) is 11.0 Å². The van der Waals surface area contributed by atoms with Gasteiger partial charge in [-0.15, -0.1) is 0 Å².